The summed E-state index contributed by atoms with van der Waals surface area (Å²) in [7, 11) is 3.84. The van der Waals surface area contributed by atoms with E-state index in [2.05, 4.69) is 5.32 Å². The average molecular weight is 487 g/mol. The molecule has 5 rings (SSSR count). The summed E-state index contributed by atoms with van der Waals surface area (Å²) in [5.74, 6) is -1.38. The molecule has 3 amide bonds. The molecule has 0 bridgehead atoms. The van der Waals surface area contributed by atoms with Gasteiger partial charge in [0.05, 0.1) is 5.52 Å². The molecular weight excluding hydrogens is 460 g/mol. The largest absolute Gasteiger partial charge is 0.419 e. The van der Waals surface area contributed by atoms with Crippen LogP contribution in [0.5, 0.6) is 0 Å². The number of hydrogen-bond acceptors (Lipinski definition) is 6. The maximum atomic E-state index is 13.0. The van der Waals surface area contributed by atoms with Crippen molar-refractivity contribution in [2.24, 2.45) is 0 Å². The van der Waals surface area contributed by atoms with Crippen LogP contribution in [0.2, 0.25) is 0 Å². The zero-order valence-electron chi connectivity index (χ0n) is 20.1. The molecule has 0 saturated carbocycles. The molecule has 4 aromatic rings. The highest BCUT2D eigenvalue weighted by molar-refractivity contribution is 6.25. The molecule has 9 heteroatoms. The lowest BCUT2D eigenvalue weighted by atomic mass is 9.94. The monoisotopic (exact) mass is 486 g/mol. The molecule has 1 aliphatic rings. The lowest BCUT2D eigenvalue weighted by Crippen LogP contribution is -2.41. The molecule has 0 fully saturated rings. The highest BCUT2D eigenvalue weighted by atomic mass is 16.4. The van der Waals surface area contributed by atoms with Crippen molar-refractivity contribution in [2.45, 2.75) is 19.4 Å². The first-order valence-electron chi connectivity index (χ1n) is 11.8. The third-order valence-electron chi connectivity index (χ3n) is 6.36. The van der Waals surface area contributed by atoms with Gasteiger partial charge < -0.3 is 14.6 Å². The second-order valence-corrected chi connectivity index (χ2v) is 9.13. The Hall–Kier alpha value is -4.24. The van der Waals surface area contributed by atoms with Gasteiger partial charge in [-0.05, 0) is 56.2 Å². The Bertz CT molecular complexity index is 1510. The van der Waals surface area contributed by atoms with Crippen molar-refractivity contribution in [1.29, 1.82) is 0 Å². The molecule has 1 aromatic heterocycles. The molecule has 36 heavy (non-hydrogen) atoms. The average Bonchev–Trinajstić information content (AvgIpc) is 3.17. The standard InChI is InChI=1S/C27H26N4O5/c1-29(2)14-15-30-21-16-18(11-12-22(21)36-27(30)35)28-23(32)10-5-13-31-25(33)19-8-3-6-17-7-4-9-20(24(17)19)26(31)34/h3-4,6-9,11-12,16H,5,10,13-15H2,1-2H3,(H,28,32). The Morgan fingerprint density at radius 3 is 2.31 bits per heavy atom. The summed E-state index contributed by atoms with van der Waals surface area (Å²) in [6, 6.07) is 15.9. The SMILES string of the molecule is CN(C)CCn1c(=O)oc2ccc(NC(=O)CCCN3C(=O)c4cccc5cccc(c45)C3=O)cc21. The fourth-order valence-corrected chi connectivity index (χ4v) is 4.56. The van der Waals surface area contributed by atoms with Gasteiger partial charge in [-0.25, -0.2) is 4.79 Å². The van der Waals surface area contributed by atoms with E-state index in [-0.39, 0.29) is 30.7 Å². The van der Waals surface area contributed by atoms with E-state index in [1.807, 2.05) is 31.1 Å². The number of oxazole rings is 1. The summed E-state index contributed by atoms with van der Waals surface area (Å²) < 4.78 is 6.83. The van der Waals surface area contributed by atoms with E-state index in [1.54, 1.807) is 42.5 Å². The van der Waals surface area contributed by atoms with Gasteiger partial charge in [-0.3, -0.25) is 23.9 Å². The summed E-state index contributed by atoms with van der Waals surface area (Å²) in [5, 5.41) is 4.37. The minimum atomic E-state index is -0.441. The van der Waals surface area contributed by atoms with Gasteiger partial charge in [-0.2, -0.15) is 0 Å². The van der Waals surface area contributed by atoms with Crippen LogP contribution in [0.15, 0.2) is 63.8 Å². The topological polar surface area (TPSA) is 105 Å². The molecule has 3 aromatic carbocycles. The van der Waals surface area contributed by atoms with Crippen LogP contribution in [0.3, 0.4) is 0 Å². The molecule has 9 nitrogen and oxygen atoms in total. The Labute approximate surface area is 206 Å². The number of aromatic nitrogens is 1. The fourth-order valence-electron chi connectivity index (χ4n) is 4.56. The second kappa shape index (κ2) is 9.43. The molecule has 1 N–H and O–H groups in total. The summed E-state index contributed by atoms with van der Waals surface area (Å²) >= 11 is 0. The van der Waals surface area contributed by atoms with Crippen LogP contribution in [0.25, 0.3) is 21.9 Å². The molecular formula is C27H26N4O5. The minimum absolute atomic E-state index is 0.125. The zero-order valence-corrected chi connectivity index (χ0v) is 20.1. The summed E-state index contributed by atoms with van der Waals surface area (Å²) in [6.07, 6.45) is 0.447. The summed E-state index contributed by atoms with van der Waals surface area (Å²) in [5.41, 5.74) is 2.60. The highest BCUT2D eigenvalue weighted by Crippen LogP contribution is 2.30. The van der Waals surface area contributed by atoms with Gasteiger partial charge in [-0.1, -0.05) is 24.3 Å². The number of amides is 3. The Kier molecular flexibility index (Phi) is 6.15. The lowest BCUT2D eigenvalue weighted by molar-refractivity contribution is -0.116. The zero-order chi connectivity index (χ0) is 25.4. The Morgan fingerprint density at radius 1 is 0.944 bits per heavy atom. The number of anilines is 1. The third-order valence-corrected chi connectivity index (χ3v) is 6.36. The van der Waals surface area contributed by atoms with Gasteiger partial charge in [0.2, 0.25) is 5.91 Å². The smallest absolute Gasteiger partial charge is 0.408 e. The number of benzene rings is 3. The molecule has 1 aliphatic heterocycles. The number of hydrogen-bond donors (Lipinski definition) is 1. The van der Waals surface area contributed by atoms with Crippen molar-refractivity contribution in [2.75, 3.05) is 32.5 Å². The lowest BCUT2D eigenvalue weighted by Gasteiger charge is -2.27. The van der Waals surface area contributed by atoms with Crippen LogP contribution in [0, 0.1) is 0 Å². The van der Waals surface area contributed by atoms with E-state index in [1.165, 1.54) is 9.47 Å². The van der Waals surface area contributed by atoms with Crippen molar-refractivity contribution < 1.29 is 18.8 Å². The molecule has 184 valence electrons. The van der Waals surface area contributed by atoms with Gasteiger partial charge in [0.15, 0.2) is 5.58 Å². The molecule has 0 spiro atoms. The maximum Gasteiger partial charge on any atom is 0.419 e. The normalized spacial score (nSPS) is 13.2. The number of carbonyl (C=O) groups excluding carboxylic acids is 3. The van der Waals surface area contributed by atoms with Gasteiger partial charge in [0, 0.05) is 48.3 Å². The van der Waals surface area contributed by atoms with Gasteiger partial charge >= 0.3 is 5.76 Å². The van der Waals surface area contributed by atoms with Crippen molar-refractivity contribution in [3.05, 3.63) is 76.3 Å². The molecule has 2 heterocycles. The number of fused-ring (bicyclic) bond motifs is 1. The maximum absolute atomic E-state index is 13.0. The van der Waals surface area contributed by atoms with Crippen LogP contribution < -0.4 is 11.1 Å². The number of nitrogens with one attached hydrogen (secondary N) is 1. The quantitative estimate of drug-likeness (QED) is 0.383. The Balaban J connectivity index is 1.24. The summed E-state index contributed by atoms with van der Waals surface area (Å²) in [4.78, 5) is 54.0. The van der Waals surface area contributed by atoms with E-state index in [9.17, 15) is 19.2 Å². The predicted octanol–water partition coefficient (Wildman–Crippen LogP) is 3.32. The van der Waals surface area contributed by atoms with Gasteiger partial charge in [0.25, 0.3) is 11.8 Å². The number of likely N-dealkylation sites (N-methyl/N-ethyl adjacent to an activating group) is 1. The van der Waals surface area contributed by atoms with E-state index in [0.29, 0.717) is 52.8 Å². The minimum Gasteiger partial charge on any atom is -0.408 e. The number of nitrogens with zero attached hydrogens (tertiary/aromatic N) is 3. The van der Waals surface area contributed by atoms with Crippen molar-refractivity contribution in [3.63, 3.8) is 0 Å². The second-order valence-electron chi connectivity index (χ2n) is 9.13. The predicted molar refractivity (Wildman–Crippen MR) is 136 cm³/mol. The number of rotatable bonds is 8. The van der Waals surface area contributed by atoms with E-state index < -0.39 is 5.76 Å². The van der Waals surface area contributed by atoms with E-state index in [0.717, 1.165) is 5.39 Å². The van der Waals surface area contributed by atoms with Crippen LogP contribution in [-0.2, 0) is 11.3 Å². The molecule has 0 aliphatic carbocycles. The highest BCUT2D eigenvalue weighted by Gasteiger charge is 2.32. The van der Waals surface area contributed by atoms with Crippen LogP contribution in [0.1, 0.15) is 33.6 Å². The first kappa shape index (κ1) is 23.5. The van der Waals surface area contributed by atoms with E-state index >= 15 is 0 Å². The van der Waals surface area contributed by atoms with Crippen molar-refractivity contribution in [3.8, 4) is 0 Å². The third kappa shape index (κ3) is 4.29. The molecule has 0 saturated heterocycles. The number of carbonyl (C=O) groups is 3. The molecule has 0 unspecified atom stereocenters. The number of imide groups is 1. The van der Waals surface area contributed by atoms with Gasteiger partial charge in [-0.15, -0.1) is 0 Å². The van der Waals surface area contributed by atoms with E-state index in [4.69, 9.17) is 4.42 Å². The first-order chi connectivity index (χ1) is 17.3. The van der Waals surface area contributed by atoms with Crippen molar-refractivity contribution in [1.82, 2.24) is 14.4 Å². The first-order valence-corrected chi connectivity index (χ1v) is 11.8. The fraction of sp³-hybridized carbons (Fsp3) is 0.259. The van der Waals surface area contributed by atoms with Crippen LogP contribution in [0.4, 0.5) is 5.69 Å². The van der Waals surface area contributed by atoms with Crippen molar-refractivity contribution >= 4 is 45.3 Å². The van der Waals surface area contributed by atoms with Crippen LogP contribution in [-0.4, -0.2) is 59.3 Å². The van der Waals surface area contributed by atoms with Crippen LogP contribution >= 0.6 is 0 Å². The molecule has 0 radical (unpaired) electrons. The summed E-state index contributed by atoms with van der Waals surface area (Å²) in [6.45, 7) is 1.27. The Morgan fingerprint density at radius 2 is 1.64 bits per heavy atom. The van der Waals surface area contributed by atoms with Gasteiger partial charge in [0.1, 0.15) is 0 Å². The molecule has 0 atom stereocenters.